The quantitative estimate of drug-likeness (QED) is 0.454. The Balaban J connectivity index is 0.000000292. The first-order chi connectivity index (χ1) is 6.45. The number of carboxylic acids is 1. The second kappa shape index (κ2) is 5.51. The average Bonchev–Trinajstić information content (AvgIpc) is 2.02. The van der Waals surface area contributed by atoms with Crippen LogP contribution in [-0.2, 0) is 4.79 Å². The SMILES string of the molecule is CCC(=O)O.Nc1nc(N)nc(N)n1. The van der Waals surface area contributed by atoms with E-state index in [0.29, 0.717) is 0 Å². The number of anilines is 3. The summed E-state index contributed by atoms with van der Waals surface area (Å²) < 4.78 is 0. The van der Waals surface area contributed by atoms with E-state index in [1.54, 1.807) is 6.92 Å². The van der Waals surface area contributed by atoms with E-state index in [2.05, 4.69) is 15.0 Å². The lowest BCUT2D eigenvalue weighted by molar-refractivity contribution is -0.136. The number of nitrogen functional groups attached to an aromatic ring is 3. The lowest BCUT2D eigenvalue weighted by atomic mass is 10.5. The molecule has 0 aliphatic carbocycles. The Kier molecular flexibility index (Phi) is 4.68. The second-order valence-corrected chi connectivity index (χ2v) is 2.16. The van der Waals surface area contributed by atoms with Crippen molar-refractivity contribution in [3.8, 4) is 0 Å². The van der Waals surface area contributed by atoms with Crippen LogP contribution in [0, 0.1) is 0 Å². The second-order valence-electron chi connectivity index (χ2n) is 2.16. The molecule has 1 aromatic rings. The molecule has 0 radical (unpaired) electrons. The molecule has 0 aliphatic heterocycles. The Morgan fingerprint density at radius 2 is 1.36 bits per heavy atom. The monoisotopic (exact) mass is 200 g/mol. The van der Waals surface area contributed by atoms with Crippen molar-refractivity contribution < 1.29 is 9.90 Å². The highest BCUT2D eigenvalue weighted by molar-refractivity contribution is 5.66. The van der Waals surface area contributed by atoms with Crippen LogP contribution in [0.4, 0.5) is 17.8 Å². The van der Waals surface area contributed by atoms with Crippen molar-refractivity contribution in [3.63, 3.8) is 0 Å². The molecule has 0 bridgehead atoms. The maximum atomic E-state index is 9.37. The van der Waals surface area contributed by atoms with Gasteiger partial charge in [0.2, 0.25) is 17.8 Å². The smallest absolute Gasteiger partial charge is 0.303 e. The summed E-state index contributed by atoms with van der Waals surface area (Å²) in [5, 5.41) is 7.72. The molecule has 14 heavy (non-hydrogen) atoms. The van der Waals surface area contributed by atoms with Gasteiger partial charge in [-0.2, -0.15) is 15.0 Å². The molecule has 0 unspecified atom stereocenters. The Labute approximate surface area is 80.2 Å². The van der Waals surface area contributed by atoms with Crippen molar-refractivity contribution >= 4 is 23.8 Å². The molecular formula is C6H12N6O2. The molecule has 0 saturated heterocycles. The topological polar surface area (TPSA) is 154 Å². The molecular weight excluding hydrogens is 188 g/mol. The zero-order valence-electron chi connectivity index (χ0n) is 7.64. The van der Waals surface area contributed by atoms with Gasteiger partial charge in [-0.05, 0) is 0 Å². The molecule has 0 amide bonds. The van der Waals surface area contributed by atoms with E-state index in [-0.39, 0.29) is 24.3 Å². The number of hydrogen-bond acceptors (Lipinski definition) is 7. The fraction of sp³-hybridized carbons (Fsp3) is 0.333. The molecule has 0 fully saturated rings. The number of rotatable bonds is 1. The van der Waals surface area contributed by atoms with Gasteiger partial charge in [0.25, 0.3) is 0 Å². The Hall–Kier alpha value is -2.12. The summed E-state index contributed by atoms with van der Waals surface area (Å²) in [7, 11) is 0. The summed E-state index contributed by atoms with van der Waals surface area (Å²) in [5.41, 5.74) is 15.4. The van der Waals surface area contributed by atoms with E-state index in [1.807, 2.05) is 0 Å². The van der Waals surface area contributed by atoms with Crippen LogP contribution in [-0.4, -0.2) is 26.0 Å². The van der Waals surface area contributed by atoms with E-state index >= 15 is 0 Å². The maximum absolute atomic E-state index is 9.37. The van der Waals surface area contributed by atoms with Crippen molar-refractivity contribution in [1.82, 2.24) is 15.0 Å². The molecule has 7 N–H and O–H groups in total. The van der Waals surface area contributed by atoms with Gasteiger partial charge in [0.1, 0.15) is 0 Å². The lowest BCUT2D eigenvalue weighted by Gasteiger charge is -1.93. The summed E-state index contributed by atoms with van der Waals surface area (Å²) >= 11 is 0. The van der Waals surface area contributed by atoms with Gasteiger partial charge in [-0.25, -0.2) is 0 Å². The van der Waals surface area contributed by atoms with Gasteiger partial charge in [-0.15, -0.1) is 0 Å². The van der Waals surface area contributed by atoms with Crippen LogP contribution in [0.5, 0.6) is 0 Å². The number of carboxylic acid groups (broad SMARTS) is 1. The number of hydrogen-bond donors (Lipinski definition) is 4. The average molecular weight is 200 g/mol. The first-order valence-electron chi connectivity index (χ1n) is 3.70. The third kappa shape index (κ3) is 5.52. The van der Waals surface area contributed by atoms with Gasteiger partial charge < -0.3 is 22.3 Å². The predicted molar refractivity (Wildman–Crippen MR) is 51.0 cm³/mol. The highest BCUT2D eigenvalue weighted by Crippen LogP contribution is 1.97. The Morgan fingerprint density at radius 1 is 1.14 bits per heavy atom. The van der Waals surface area contributed by atoms with Gasteiger partial charge in [-0.3, -0.25) is 4.79 Å². The first kappa shape index (κ1) is 11.9. The van der Waals surface area contributed by atoms with Gasteiger partial charge in [0.05, 0.1) is 0 Å². The molecule has 1 aromatic heterocycles. The van der Waals surface area contributed by atoms with E-state index in [0.717, 1.165) is 0 Å². The first-order valence-corrected chi connectivity index (χ1v) is 3.70. The number of carbonyl (C=O) groups is 1. The van der Waals surface area contributed by atoms with Crippen LogP contribution >= 0.6 is 0 Å². The van der Waals surface area contributed by atoms with Crippen molar-refractivity contribution in [2.24, 2.45) is 0 Å². The third-order valence-electron chi connectivity index (χ3n) is 0.990. The van der Waals surface area contributed by atoms with Crippen molar-refractivity contribution in [2.75, 3.05) is 17.2 Å². The summed E-state index contributed by atoms with van der Waals surface area (Å²) in [4.78, 5) is 19.8. The molecule has 8 nitrogen and oxygen atoms in total. The molecule has 0 aromatic carbocycles. The minimum atomic E-state index is -0.745. The largest absolute Gasteiger partial charge is 0.481 e. The van der Waals surface area contributed by atoms with Gasteiger partial charge in [-0.1, -0.05) is 6.92 Å². The van der Waals surface area contributed by atoms with Gasteiger partial charge in [0.15, 0.2) is 0 Å². The normalized spacial score (nSPS) is 8.64. The third-order valence-corrected chi connectivity index (χ3v) is 0.990. The summed E-state index contributed by atoms with van der Waals surface area (Å²) in [6.07, 6.45) is 0.222. The van der Waals surface area contributed by atoms with Crippen LogP contribution in [0.15, 0.2) is 0 Å². The number of aliphatic carboxylic acids is 1. The summed E-state index contributed by atoms with van der Waals surface area (Å²) in [6, 6.07) is 0. The predicted octanol–water partition coefficient (Wildman–Crippen LogP) is -0.901. The van der Waals surface area contributed by atoms with Crippen molar-refractivity contribution in [2.45, 2.75) is 13.3 Å². The highest BCUT2D eigenvalue weighted by Gasteiger charge is 1.93. The van der Waals surface area contributed by atoms with Gasteiger partial charge in [0, 0.05) is 6.42 Å². The molecule has 0 aliphatic rings. The molecule has 78 valence electrons. The van der Waals surface area contributed by atoms with Gasteiger partial charge >= 0.3 is 5.97 Å². The molecule has 8 heteroatoms. The Bertz CT molecular complexity index is 265. The standard InChI is InChI=1S/C3H6N6.C3H6O2/c4-1-7-2(5)9-3(6)8-1;1-2-3(4)5/h(H6,4,5,6,7,8,9);2H2,1H3,(H,4,5). The minimum absolute atomic E-state index is 0.0417. The van der Waals surface area contributed by atoms with Crippen molar-refractivity contribution in [3.05, 3.63) is 0 Å². The van der Waals surface area contributed by atoms with E-state index in [9.17, 15) is 4.79 Å². The fourth-order valence-corrected chi connectivity index (χ4v) is 0.427. The van der Waals surface area contributed by atoms with E-state index < -0.39 is 5.97 Å². The van der Waals surface area contributed by atoms with Crippen molar-refractivity contribution in [1.29, 1.82) is 0 Å². The number of nitrogens with two attached hydrogens (primary N) is 3. The van der Waals surface area contributed by atoms with Crippen LogP contribution in [0.2, 0.25) is 0 Å². The summed E-state index contributed by atoms with van der Waals surface area (Å²) in [5.74, 6) is -0.620. The van der Waals surface area contributed by atoms with Crippen LogP contribution in [0.3, 0.4) is 0 Å². The van der Waals surface area contributed by atoms with Crippen LogP contribution in [0.25, 0.3) is 0 Å². The maximum Gasteiger partial charge on any atom is 0.303 e. The lowest BCUT2D eigenvalue weighted by Crippen LogP contribution is -2.05. The number of nitrogens with zero attached hydrogens (tertiary/aromatic N) is 3. The molecule has 1 heterocycles. The highest BCUT2D eigenvalue weighted by atomic mass is 16.4. The minimum Gasteiger partial charge on any atom is -0.481 e. The van der Waals surface area contributed by atoms with Crippen LogP contribution in [0.1, 0.15) is 13.3 Å². The molecule has 0 spiro atoms. The molecule has 1 rings (SSSR count). The van der Waals surface area contributed by atoms with E-state index in [1.165, 1.54) is 0 Å². The van der Waals surface area contributed by atoms with Crippen LogP contribution < -0.4 is 17.2 Å². The van der Waals surface area contributed by atoms with E-state index in [4.69, 9.17) is 22.3 Å². The summed E-state index contributed by atoms with van der Waals surface area (Å²) in [6.45, 7) is 1.60. The molecule has 0 atom stereocenters. The zero-order valence-corrected chi connectivity index (χ0v) is 7.64. The fourth-order valence-electron chi connectivity index (χ4n) is 0.427. The number of aromatic nitrogens is 3. The zero-order chi connectivity index (χ0) is 11.1. The molecule has 0 saturated carbocycles. The Morgan fingerprint density at radius 3 is 1.50 bits per heavy atom.